The zero-order chi connectivity index (χ0) is 33.3. The van der Waals surface area contributed by atoms with Gasteiger partial charge in [0.1, 0.15) is 34.9 Å². The lowest BCUT2D eigenvalue weighted by Gasteiger charge is -2.33. The Morgan fingerprint density at radius 2 is 1.83 bits per heavy atom. The van der Waals surface area contributed by atoms with Gasteiger partial charge in [0.2, 0.25) is 5.88 Å². The highest BCUT2D eigenvalue weighted by Gasteiger charge is 2.28. The highest BCUT2D eigenvalue weighted by molar-refractivity contribution is 7.16. The van der Waals surface area contributed by atoms with Gasteiger partial charge in [-0.05, 0) is 57.0 Å². The Morgan fingerprint density at radius 1 is 1.04 bits per heavy atom. The molecule has 0 radical (unpaired) electrons. The van der Waals surface area contributed by atoms with E-state index in [2.05, 4.69) is 15.1 Å². The topological polar surface area (TPSA) is 123 Å². The summed E-state index contributed by atoms with van der Waals surface area (Å²) in [7, 11) is 3.24. The maximum Gasteiger partial charge on any atom is 0.410 e. The normalized spacial score (nSPS) is 14.6. The fourth-order valence-corrected chi connectivity index (χ4v) is 6.39. The second kappa shape index (κ2) is 13.1. The van der Waals surface area contributed by atoms with Crippen LogP contribution < -0.4 is 9.47 Å². The first-order valence-electron chi connectivity index (χ1n) is 15.4. The van der Waals surface area contributed by atoms with E-state index in [-0.39, 0.29) is 12.2 Å². The Bertz CT molecular complexity index is 1900. The number of hydrogen-bond donors (Lipinski definition) is 0. The van der Waals surface area contributed by atoms with Crippen LogP contribution in [0.1, 0.15) is 61.9 Å². The molecular weight excluding hydrogens is 620 g/mol. The van der Waals surface area contributed by atoms with Crippen molar-refractivity contribution in [2.45, 2.75) is 58.3 Å². The minimum atomic E-state index is -0.533. The summed E-state index contributed by atoms with van der Waals surface area (Å²) in [5.41, 5.74) is 4.03. The van der Waals surface area contributed by atoms with Crippen LogP contribution in [0, 0.1) is 0 Å². The molecule has 12 nitrogen and oxygen atoms in total. The number of carbonyl (C=O) groups is 2. The molecule has 0 N–H and O–H groups in total. The number of rotatable bonds is 8. The molecule has 47 heavy (non-hydrogen) atoms. The van der Waals surface area contributed by atoms with Crippen LogP contribution in [-0.2, 0) is 16.5 Å². The summed E-state index contributed by atoms with van der Waals surface area (Å²) in [4.78, 5) is 36.3. The molecule has 1 atom stereocenters. The number of hydrogen-bond acceptors (Lipinski definition) is 10. The first-order chi connectivity index (χ1) is 22.5. The van der Waals surface area contributed by atoms with Gasteiger partial charge in [-0.25, -0.2) is 19.6 Å². The summed E-state index contributed by atoms with van der Waals surface area (Å²) in [6.07, 6.45) is 7.72. The predicted molar refractivity (Wildman–Crippen MR) is 177 cm³/mol. The Labute approximate surface area is 276 Å². The van der Waals surface area contributed by atoms with Gasteiger partial charge >= 0.3 is 12.1 Å². The SMILES string of the molecule is COC(=O)c1sc(-n2cnc3cc(-c4cnn(C)c4)ccc32)cc1OC(C)c1ccnc(OC2CCN(C(=O)OC(C)(C)C)CC2)c1. The smallest absolute Gasteiger partial charge is 0.410 e. The van der Waals surface area contributed by atoms with Crippen LogP contribution in [0.3, 0.4) is 0 Å². The van der Waals surface area contributed by atoms with Gasteiger partial charge in [-0.1, -0.05) is 6.07 Å². The van der Waals surface area contributed by atoms with E-state index in [4.69, 9.17) is 18.9 Å². The maximum atomic E-state index is 12.8. The largest absolute Gasteiger partial charge is 0.484 e. The summed E-state index contributed by atoms with van der Waals surface area (Å²) in [6, 6.07) is 11.6. The van der Waals surface area contributed by atoms with Crippen molar-refractivity contribution in [1.29, 1.82) is 0 Å². The summed E-state index contributed by atoms with van der Waals surface area (Å²) in [6.45, 7) is 8.58. The molecule has 0 saturated carbocycles. The molecular formula is C34H38N6O6S. The van der Waals surface area contributed by atoms with Crippen LogP contribution in [0.4, 0.5) is 4.79 Å². The van der Waals surface area contributed by atoms with Crippen molar-refractivity contribution in [3.05, 3.63) is 71.8 Å². The Kier molecular flexibility index (Phi) is 8.91. The Balaban J connectivity index is 1.16. The van der Waals surface area contributed by atoms with E-state index in [0.29, 0.717) is 42.4 Å². The molecule has 0 bridgehead atoms. The average molecular weight is 659 g/mol. The lowest BCUT2D eigenvalue weighted by Crippen LogP contribution is -2.44. The number of nitrogens with zero attached hydrogens (tertiary/aromatic N) is 6. The van der Waals surface area contributed by atoms with Gasteiger partial charge in [0.05, 0.1) is 24.3 Å². The van der Waals surface area contributed by atoms with Crippen molar-refractivity contribution in [2.75, 3.05) is 20.2 Å². The number of imidazole rings is 1. The molecule has 13 heteroatoms. The number of piperidine rings is 1. The van der Waals surface area contributed by atoms with E-state index in [1.165, 1.54) is 18.4 Å². The van der Waals surface area contributed by atoms with Gasteiger partial charge in [-0.3, -0.25) is 9.25 Å². The number of benzene rings is 1. The van der Waals surface area contributed by atoms with Crippen LogP contribution in [0.15, 0.2) is 61.3 Å². The van der Waals surface area contributed by atoms with Gasteiger partial charge in [-0.2, -0.15) is 5.10 Å². The molecule has 1 fully saturated rings. The van der Waals surface area contributed by atoms with Crippen molar-refractivity contribution < 1.29 is 28.5 Å². The number of fused-ring (bicyclic) bond motifs is 1. The number of aryl methyl sites for hydroxylation is 1. The molecule has 6 rings (SSSR count). The van der Waals surface area contributed by atoms with Crippen molar-refractivity contribution in [2.24, 2.45) is 7.05 Å². The lowest BCUT2D eigenvalue weighted by atomic mass is 10.1. The fraction of sp³-hybridized carbons (Fsp3) is 0.382. The van der Waals surface area contributed by atoms with E-state index in [1.807, 2.05) is 88.1 Å². The molecule has 1 aliphatic rings. The number of ether oxygens (including phenoxy) is 4. The van der Waals surface area contributed by atoms with Crippen LogP contribution in [0.25, 0.3) is 27.2 Å². The molecule has 5 heterocycles. The molecule has 5 aromatic rings. The number of pyridine rings is 1. The lowest BCUT2D eigenvalue weighted by molar-refractivity contribution is 0.0122. The number of carbonyl (C=O) groups excluding carboxylic acids is 2. The maximum absolute atomic E-state index is 12.8. The third-order valence-corrected chi connectivity index (χ3v) is 8.89. The van der Waals surface area contributed by atoms with Crippen LogP contribution in [0.2, 0.25) is 0 Å². The highest BCUT2D eigenvalue weighted by atomic mass is 32.1. The molecule has 1 aromatic carbocycles. The van der Waals surface area contributed by atoms with Gasteiger partial charge in [-0.15, -0.1) is 11.3 Å². The Morgan fingerprint density at radius 3 is 2.53 bits per heavy atom. The van der Waals surface area contributed by atoms with Crippen LogP contribution in [-0.4, -0.2) is 73.2 Å². The van der Waals surface area contributed by atoms with Gasteiger partial charge in [0.15, 0.2) is 4.88 Å². The summed E-state index contributed by atoms with van der Waals surface area (Å²) >= 11 is 1.27. The quantitative estimate of drug-likeness (QED) is 0.170. The minimum Gasteiger partial charge on any atom is -0.484 e. The van der Waals surface area contributed by atoms with Crippen LogP contribution in [0.5, 0.6) is 11.6 Å². The third-order valence-electron chi connectivity index (χ3n) is 7.79. The predicted octanol–water partition coefficient (Wildman–Crippen LogP) is 6.59. The molecule has 1 aliphatic heterocycles. The zero-order valence-electron chi connectivity index (χ0n) is 27.3. The second-order valence-corrected chi connectivity index (χ2v) is 13.5. The van der Waals surface area contributed by atoms with Gasteiger partial charge in [0, 0.05) is 63.1 Å². The molecule has 246 valence electrons. The standard InChI is InChI=1S/C34H38N6O6S/c1-21(22-9-12-35-29(16-22)45-25-10-13-39(14-11-25)33(42)46-34(2,3)4)44-28-17-30(47-31(28)32(41)43-6)40-20-36-26-15-23(7-8-27(26)40)24-18-37-38(5)19-24/h7-9,12,15-21,25H,10-11,13-14H2,1-6H3. The molecule has 1 unspecified atom stereocenters. The number of methoxy groups -OCH3 is 1. The zero-order valence-corrected chi connectivity index (χ0v) is 28.1. The number of esters is 1. The monoisotopic (exact) mass is 658 g/mol. The van der Waals surface area contributed by atoms with Crippen molar-refractivity contribution in [1.82, 2.24) is 29.2 Å². The minimum absolute atomic E-state index is 0.0801. The third kappa shape index (κ3) is 7.25. The average Bonchev–Trinajstić information content (AvgIpc) is 3.78. The fourth-order valence-electron chi connectivity index (χ4n) is 5.40. The van der Waals surface area contributed by atoms with Gasteiger partial charge in [0.25, 0.3) is 0 Å². The molecule has 1 amide bonds. The summed E-state index contributed by atoms with van der Waals surface area (Å²) in [5, 5.41) is 5.03. The molecule has 4 aromatic heterocycles. The van der Waals surface area contributed by atoms with E-state index < -0.39 is 17.7 Å². The number of amides is 1. The van der Waals surface area contributed by atoms with E-state index in [9.17, 15) is 9.59 Å². The van der Waals surface area contributed by atoms with E-state index >= 15 is 0 Å². The molecule has 0 aliphatic carbocycles. The first-order valence-corrected chi connectivity index (χ1v) is 16.2. The van der Waals surface area contributed by atoms with Gasteiger partial charge < -0.3 is 23.8 Å². The summed E-state index contributed by atoms with van der Waals surface area (Å²) < 4.78 is 26.9. The molecule has 1 saturated heterocycles. The van der Waals surface area contributed by atoms with E-state index in [0.717, 1.165) is 32.7 Å². The Hall–Kier alpha value is -4.91. The second-order valence-electron chi connectivity index (χ2n) is 12.5. The van der Waals surface area contributed by atoms with Crippen LogP contribution >= 0.6 is 11.3 Å². The number of thiophene rings is 1. The number of aromatic nitrogens is 5. The van der Waals surface area contributed by atoms with Crippen molar-refractivity contribution in [3.8, 4) is 27.8 Å². The number of likely N-dealkylation sites (tertiary alicyclic amines) is 1. The van der Waals surface area contributed by atoms with Crippen molar-refractivity contribution >= 4 is 34.4 Å². The molecule has 0 spiro atoms. The van der Waals surface area contributed by atoms with E-state index in [1.54, 1.807) is 22.1 Å². The van der Waals surface area contributed by atoms with Crippen molar-refractivity contribution in [3.63, 3.8) is 0 Å². The first kappa shape index (κ1) is 32.0. The summed E-state index contributed by atoms with van der Waals surface area (Å²) in [5.74, 6) is 0.401. The highest BCUT2D eigenvalue weighted by Crippen LogP contribution is 2.37.